The van der Waals surface area contributed by atoms with E-state index in [2.05, 4.69) is 4.98 Å². The van der Waals surface area contributed by atoms with Crippen molar-refractivity contribution in [3.63, 3.8) is 0 Å². The molecule has 1 aliphatic rings. The van der Waals surface area contributed by atoms with Gasteiger partial charge in [0.15, 0.2) is 17.3 Å². The number of aromatic nitrogens is 1. The Balaban J connectivity index is 1.91. The lowest BCUT2D eigenvalue weighted by Gasteiger charge is -2.11. The van der Waals surface area contributed by atoms with E-state index in [9.17, 15) is 4.79 Å². The zero-order valence-corrected chi connectivity index (χ0v) is 12.1. The molecule has 108 valence electrons. The highest BCUT2D eigenvalue weighted by Crippen LogP contribution is 2.40. The molecular weight excluding hydrogens is 266 g/mol. The number of hydrogen-bond donors (Lipinski definition) is 0. The summed E-state index contributed by atoms with van der Waals surface area (Å²) < 4.78 is 10.7. The maximum Gasteiger partial charge on any atom is 0.167 e. The van der Waals surface area contributed by atoms with Gasteiger partial charge < -0.3 is 9.47 Å². The van der Waals surface area contributed by atoms with Crippen LogP contribution in [-0.4, -0.2) is 25.0 Å². The average molecular weight is 283 g/mol. The molecule has 0 bridgehead atoms. The summed E-state index contributed by atoms with van der Waals surface area (Å²) >= 11 is 0. The second kappa shape index (κ2) is 5.56. The molecule has 1 heterocycles. The van der Waals surface area contributed by atoms with Crippen LogP contribution in [0.15, 0.2) is 36.7 Å². The fourth-order valence-electron chi connectivity index (χ4n) is 2.95. The van der Waals surface area contributed by atoms with Gasteiger partial charge in [-0.2, -0.15) is 0 Å². The molecule has 0 N–H and O–H groups in total. The molecule has 0 fully saturated rings. The molecule has 3 rings (SSSR count). The molecule has 1 aromatic carbocycles. The number of hydrogen-bond acceptors (Lipinski definition) is 4. The number of carbonyl (C=O) groups excluding carboxylic acids is 1. The van der Waals surface area contributed by atoms with Crippen molar-refractivity contribution >= 4 is 5.78 Å². The van der Waals surface area contributed by atoms with Crippen molar-refractivity contribution in [2.24, 2.45) is 5.92 Å². The van der Waals surface area contributed by atoms with Crippen LogP contribution in [0.5, 0.6) is 11.5 Å². The number of rotatable bonds is 4. The maximum absolute atomic E-state index is 12.6. The summed E-state index contributed by atoms with van der Waals surface area (Å²) in [6, 6.07) is 7.54. The van der Waals surface area contributed by atoms with Crippen molar-refractivity contribution in [2.75, 3.05) is 14.2 Å². The van der Waals surface area contributed by atoms with Gasteiger partial charge in [-0.05, 0) is 42.7 Å². The lowest BCUT2D eigenvalue weighted by molar-refractivity contribution is 0.0936. The number of nitrogens with zero attached hydrogens (tertiary/aromatic N) is 1. The third-order valence-electron chi connectivity index (χ3n) is 3.97. The topological polar surface area (TPSA) is 48.4 Å². The summed E-state index contributed by atoms with van der Waals surface area (Å²) in [5, 5.41) is 0. The molecule has 0 saturated carbocycles. The average Bonchev–Trinajstić information content (AvgIpc) is 2.84. The molecular formula is C17H17NO3. The molecule has 0 saturated heterocycles. The summed E-state index contributed by atoms with van der Waals surface area (Å²) in [4.78, 5) is 16.6. The fourth-order valence-corrected chi connectivity index (χ4v) is 2.95. The van der Waals surface area contributed by atoms with Gasteiger partial charge in [0, 0.05) is 29.4 Å². The number of fused-ring (bicyclic) bond motifs is 1. The largest absolute Gasteiger partial charge is 0.493 e. The maximum atomic E-state index is 12.6. The number of benzene rings is 1. The summed E-state index contributed by atoms with van der Waals surface area (Å²) in [5.41, 5.74) is 2.84. The summed E-state index contributed by atoms with van der Waals surface area (Å²) in [7, 11) is 3.22. The molecule has 1 aromatic heterocycles. The molecule has 4 nitrogen and oxygen atoms in total. The van der Waals surface area contributed by atoms with E-state index in [0.717, 1.165) is 23.1 Å². The van der Waals surface area contributed by atoms with Crippen molar-refractivity contribution in [3.8, 4) is 11.5 Å². The Bertz CT molecular complexity index is 667. The van der Waals surface area contributed by atoms with Gasteiger partial charge >= 0.3 is 0 Å². The number of Topliss-reactive ketones (excluding diaryl/α,β-unsaturated/α-hetero) is 1. The first kappa shape index (κ1) is 13.6. The lowest BCUT2D eigenvalue weighted by atomic mass is 9.96. The van der Waals surface area contributed by atoms with Crippen LogP contribution in [0.3, 0.4) is 0 Å². The van der Waals surface area contributed by atoms with Gasteiger partial charge in [0.25, 0.3) is 0 Å². The zero-order valence-electron chi connectivity index (χ0n) is 12.1. The highest BCUT2D eigenvalue weighted by molar-refractivity contribution is 6.03. The van der Waals surface area contributed by atoms with Gasteiger partial charge in [0.05, 0.1) is 14.2 Å². The van der Waals surface area contributed by atoms with E-state index in [1.807, 2.05) is 18.2 Å². The molecule has 21 heavy (non-hydrogen) atoms. The van der Waals surface area contributed by atoms with Crippen molar-refractivity contribution in [3.05, 3.63) is 53.3 Å². The second-order valence-electron chi connectivity index (χ2n) is 5.15. The van der Waals surface area contributed by atoms with Crippen LogP contribution >= 0.6 is 0 Å². The van der Waals surface area contributed by atoms with E-state index in [0.29, 0.717) is 17.9 Å². The van der Waals surface area contributed by atoms with E-state index in [4.69, 9.17) is 9.47 Å². The Hall–Kier alpha value is -2.36. The summed E-state index contributed by atoms with van der Waals surface area (Å²) in [6.45, 7) is 0. The van der Waals surface area contributed by atoms with Crippen molar-refractivity contribution in [2.45, 2.75) is 12.8 Å². The summed E-state index contributed by atoms with van der Waals surface area (Å²) in [6.07, 6.45) is 4.93. The van der Waals surface area contributed by atoms with Crippen LogP contribution in [0.1, 0.15) is 21.5 Å². The molecule has 0 radical (unpaired) electrons. The molecule has 2 aromatic rings. The number of methoxy groups -OCH3 is 2. The second-order valence-corrected chi connectivity index (χ2v) is 5.15. The van der Waals surface area contributed by atoms with Gasteiger partial charge in [0.1, 0.15) is 0 Å². The van der Waals surface area contributed by atoms with E-state index in [-0.39, 0.29) is 11.7 Å². The minimum atomic E-state index is -0.0385. The van der Waals surface area contributed by atoms with Crippen LogP contribution in [0.2, 0.25) is 0 Å². The number of carbonyl (C=O) groups is 1. The van der Waals surface area contributed by atoms with E-state index >= 15 is 0 Å². The Kier molecular flexibility index (Phi) is 3.60. The van der Waals surface area contributed by atoms with E-state index in [1.54, 1.807) is 32.7 Å². The lowest BCUT2D eigenvalue weighted by Crippen LogP contribution is -2.12. The molecule has 1 atom stereocenters. The van der Waals surface area contributed by atoms with E-state index < -0.39 is 0 Å². The molecule has 0 aliphatic heterocycles. The monoisotopic (exact) mass is 283 g/mol. The standard InChI is InChI=1S/C17H17NO3/c1-20-15-4-3-13-14(17(15)21-2)10-12(16(13)19)9-11-5-7-18-8-6-11/h3-8,12H,9-10H2,1-2H3. The Morgan fingerprint density at radius 3 is 2.57 bits per heavy atom. The van der Waals surface area contributed by atoms with Crippen LogP contribution in [-0.2, 0) is 12.8 Å². The van der Waals surface area contributed by atoms with Gasteiger partial charge in [0.2, 0.25) is 0 Å². The highest BCUT2D eigenvalue weighted by Gasteiger charge is 2.34. The van der Waals surface area contributed by atoms with Gasteiger partial charge in [-0.15, -0.1) is 0 Å². The molecule has 1 aliphatic carbocycles. The van der Waals surface area contributed by atoms with Gasteiger partial charge in [-0.1, -0.05) is 0 Å². The zero-order chi connectivity index (χ0) is 14.8. The smallest absolute Gasteiger partial charge is 0.167 e. The van der Waals surface area contributed by atoms with Crippen LogP contribution in [0.4, 0.5) is 0 Å². The Morgan fingerprint density at radius 1 is 1.14 bits per heavy atom. The SMILES string of the molecule is COc1ccc2c(c1OC)CC(Cc1ccncc1)C2=O. The third-order valence-corrected chi connectivity index (χ3v) is 3.97. The summed E-state index contributed by atoms with van der Waals surface area (Å²) in [5.74, 6) is 1.50. The molecule has 4 heteroatoms. The fraction of sp³-hybridized carbons (Fsp3) is 0.294. The van der Waals surface area contributed by atoms with Gasteiger partial charge in [-0.3, -0.25) is 9.78 Å². The van der Waals surface area contributed by atoms with E-state index in [1.165, 1.54) is 0 Å². The molecule has 0 spiro atoms. The minimum absolute atomic E-state index is 0.0385. The first-order chi connectivity index (χ1) is 10.2. The van der Waals surface area contributed by atoms with Gasteiger partial charge in [-0.25, -0.2) is 0 Å². The normalized spacial score (nSPS) is 16.7. The molecule has 1 unspecified atom stereocenters. The van der Waals surface area contributed by atoms with Crippen molar-refractivity contribution < 1.29 is 14.3 Å². The quantitative estimate of drug-likeness (QED) is 0.865. The predicted molar refractivity (Wildman–Crippen MR) is 79.0 cm³/mol. The van der Waals surface area contributed by atoms with Crippen LogP contribution in [0.25, 0.3) is 0 Å². The number of pyridine rings is 1. The highest BCUT2D eigenvalue weighted by atomic mass is 16.5. The number of ether oxygens (including phenoxy) is 2. The van der Waals surface area contributed by atoms with Crippen LogP contribution in [0, 0.1) is 5.92 Å². The Labute approximate surface area is 123 Å². The predicted octanol–water partition coefficient (Wildman–Crippen LogP) is 2.70. The first-order valence-electron chi connectivity index (χ1n) is 6.91. The minimum Gasteiger partial charge on any atom is -0.493 e. The Morgan fingerprint density at radius 2 is 1.90 bits per heavy atom. The van der Waals surface area contributed by atoms with Crippen LogP contribution < -0.4 is 9.47 Å². The first-order valence-corrected chi connectivity index (χ1v) is 6.91. The van der Waals surface area contributed by atoms with Crippen molar-refractivity contribution in [1.82, 2.24) is 4.98 Å². The number of ketones is 1. The van der Waals surface area contributed by atoms with Crippen molar-refractivity contribution in [1.29, 1.82) is 0 Å². The third kappa shape index (κ3) is 2.37. The molecule has 0 amide bonds.